The number of hydrogen-bond acceptors (Lipinski definition) is 1. The van der Waals surface area contributed by atoms with E-state index in [1.807, 2.05) is 0 Å². The first-order valence-corrected chi connectivity index (χ1v) is 3.97. The fraction of sp³-hybridized carbons (Fsp3) is 0.667. The van der Waals surface area contributed by atoms with Crippen LogP contribution in [0.1, 0.15) is 33.1 Å². The minimum Gasteiger partial charge on any atom is -0.481 e. The number of aliphatic carboxylic acids is 1. The van der Waals surface area contributed by atoms with E-state index in [0.29, 0.717) is 0 Å². The largest absolute Gasteiger partial charge is 0.481 e. The monoisotopic (exact) mass is 156 g/mol. The second-order valence-corrected chi connectivity index (χ2v) is 2.88. The average molecular weight is 156 g/mol. The molecule has 11 heavy (non-hydrogen) atoms. The first-order chi connectivity index (χ1) is 5.09. The predicted octanol–water partition coefficient (Wildman–Crippen LogP) is 2.45. The van der Waals surface area contributed by atoms with Gasteiger partial charge < -0.3 is 5.11 Å². The van der Waals surface area contributed by atoms with Crippen LogP contribution in [0.3, 0.4) is 0 Å². The Hall–Kier alpha value is -0.790. The average Bonchev–Trinajstić information content (AvgIpc) is 1.87. The van der Waals surface area contributed by atoms with Crippen molar-refractivity contribution in [3.05, 3.63) is 12.2 Å². The van der Waals surface area contributed by atoms with E-state index in [4.69, 9.17) is 5.11 Å². The summed E-state index contributed by atoms with van der Waals surface area (Å²) in [4.78, 5) is 10.6. The lowest BCUT2D eigenvalue weighted by Crippen LogP contribution is -2.14. The van der Waals surface area contributed by atoms with E-state index in [-0.39, 0.29) is 5.92 Å². The van der Waals surface area contributed by atoms with Crippen LogP contribution in [0, 0.1) is 5.92 Å². The summed E-state index contributed by atoms with van der Waals surface area (Å²) >= 11 is 0. The van der Waals surface area contributed by atoms with Crippen LogP contribution in [0.25, 0.3) is 0 Å². The first-order valence-electron chi connectivity index (χ1n) is 3.97. The molecule has 0 rings (SSSR count). The molecule has 0 aromatic heterocycles. The van der Waals surface area contributed by atoms with Crippen LogP contribution < -0.4 is 0 Å². The Labute approximate surface area is 67.9 Å². The SMILES string of the molecule is C=C(C)C(CCCC)C(=O)O. The number of hydrogen-bond donors (Lipinski definition) is 1. The molecule has 0 aromatic rings. The second kappa shape index (κ2) is 4.94. The van der Waals surface area contributed by atoms with Crippen molar-refractivity contribution in [2.45, 2.75) is 33.1 Å². The van der Waals surface area contributed by atoms with Gasteiger partial charge in [-0.2, -0.15) is 0 Å². The van der Waals surface area contributed by atoms with Gasteiger partial charge in [0.15, 0.2) is 0 Å². The molecule has 0 radical (unpaired) electrons. The van der Waals surface area contributed by atoms with Crippen molar-refractivity contribution < 1.29 is 9.90 Å². The van der Waals surface area contributed by atoms with Crippen LogP contribution in [0.5, 0.6) is 0 Å². The van der Waals surface area contributed by atoms with Gasteiger partial charge in [-0.3, -0.25) is 4.79 Å². The first kappa shape index (κ1) is 10.2. The summed E-state index contributed by atoms with van der Waals surface area (Å²) in [6.45, 7) is 7.47. The normalized spacial score (nSPS) is 12.5. The molecule has 64 valence electrons. The molecule has 0 saturated heterocycles. The zero-order valence-corrected chi connectivity index (χ0v) is 7.26. The topological polar surface area (TPSA) is 37.3 Å². The molecule has 0 spiro atoms. The van der Waals surface area contributed by atoms with E-state index < -0.39 is 5.97 Å². The molecule has 0 heterocycles. The van der Waals surface area contributed by atoms with E-state index >= 15 is 0 Å². The molecule has 0 amide bonds. The molecule has 0 saturated carbocycles. The molecule has 1 unspecified atom stereocenters. The van der Waals surface area contributed by atoms with E-state index in [9.17, 15) is 4.79 Å². The Morgan fingerprint density at radius 2 is 2.18 bits per heavy atom. The Bertz CT molecular complexity index is 136. The van der Waals surface area contributed by atoms with Gasteiger partial charge in [0.1, 0.15) is 0 Å². The number of rotatable bonds is 5. The molecule has 2 nitrogen and oxygen atoms in total. The van der Waals surface area contributed by atoms with E-state index in [0.717, 1.165) is 24.8 Å². The van der Waals surface area contributed by atoms with Gasteiger partial charge in [-0.15, -0.1) is 0 Å². The number of carbonyl (C=O) groups is 1. The zero-order chi connectivity index (χ0) is 8.85. The van der Waals surface area contributed by atoms with Crippen LogP contribution in [0.2, 0.25) is 0 Å². The fourth-order valence-electron chi connectivity index (χ4n) is 0.989. The molecule has 1 N–H and O–H groups in total. The Morgan fingerprint density at radius 3 is 2.45 bits per heavy atom. The smallest absolute Gasteiger partial charge is 0.310 e. The van der Waals surface area contributed by atoms with Gasteiger partial charge in [0.05, 0.1) is 5.92 Å². The number of unbranched alkanes of at least 4 members (excludes halogenated alkanes) is 1. The van der Waals surface area contributed by atoms with Crippen molar-refractivity contribution >= 4 is 5.97 Å². The van der Waals surface area contributed by atoms with Crippen molar-refractivity contribution in [1.29, 1.82) is 0 Å². The lowest BCUT2D eigenvalue weighted by molar-refractivity contribution is -0.140. The summed E-state index contributed by atoms with van der Waals surface area (Å²) in [7, 11) is 0. The summed E-state index contributed by atoms with van der Waals surface area (Å²) in [5, 5.41) is 8.71. The van der Waals surface area contributed by atoms with Crippen LogP contribution in [-0.4, -0.2) is 11.1 Å². The van der Waals surface area contributed by atoms with Gasteiger partial charge in [-0.1, -0.05) is 31.9 Å². The Kier molecular flexibility index (Phi) is 4.59. The van der Waals surface area contributed by atoms with Gasteiger partial charge >= 0.3 is 5.97 Å². The zero-order valence-electron chi connectivity index (χ0n) is 7.26. The lowest BCUT2D eigenvalue weighted by Gasteiger charge is -2.10. The van der Waals surface area contributed by atoms with E-state index in [1.165, 1.54) is 0 Å². The summed E-state index contributed by atoms with van der Waals surface area (Å²) in [6, 6.07) is 0. The maximum atomic E-state index is 10.6. The van der Waals surface area contributed by atoms with Crippen molar-refractivity contribution in [1.82, 2.24) is 0 Å². The molecule has 0 bridgehead atoms. The Balaban J connectivity index is 3.90. The quantitative estimate of drug-likeness (QED) is 0.621. The van der Waals surface area contributed by atoms with Crippen LogP contribution in [-0.2, 0) is 4.79 Å². The third-order valence-corrected chi connectivity index (χ3v) is 1.74. The van der Waals surface area contributed by atoms with Crippen molar-refractivity contribution in [3.8, 4) is 0 Å². The minimum atomic E-state index is -0.744. The van der Waals surface area contributed by atoms with Gasteiger partial charge in [-0.25, -0.2) is 0 Å². The Morgan fingerprint density at radius 1 is 1.64 bits per heavy atom. The van der Waals surface area contributed by atoms with Crippen LogP contribution in [0.4, 0.5) is 0 Å². The van der Waals surface area contributed by atoms with Gasteiger partial charge in [0.2, 0.25) is 0 Å². The molecular formula is C9H16O2. The summed E-state index contributed by atoms with van der Waals surface area (Å²) in [5.74, 6) is -1.08. The lowest BCUT2D eigenvalue weighted by atomic mass is 9.96. The molecule has 0 aliphatic heterocycles. The summed E-state index contributed by atoms with van der Waals surface area (Å²) < 4.78 is 0. The summed E-state index contributed by atoms with van der Waals surface area (Å²) in [5.41, 5.74) is 0.756. The highest BCUT2D eigenvalue weighted by Crippen LogP contribution is 2.16. The standard InChI is InChI=1S/C9H16O2/c1-4-5-6-8(7(2)3)9(10)11/h8H,2,4-6H2,1,3H3,(H,10,11). The molecule has 0 aliphatic rings. The molecule has 0 aliphatic carbocycles. The minimum absolute atomic E-state index is 0.338. The third kappa shape index (κ3) is 3.81. The van der Waals surface area contributed by atoms with Gasteiger partial charge in [0, 0.05) is 0 Å². The second-order valence-electron chi connectivity index (χ2n) is 2.88. The molecular weight excluding hydrogens is 140 g/mol. The highest BCUT2D eigenvalue weighted by molar-refractivity contribution is 5.73. The molecule has 0 aromatic carbocycles. The van der Waals surface area contributed by atoms with E-state index in [1.54, 1.807) is 6.92 Å². The van der Waals surface area contributed by atoms with Crippen LogP contribution >= 0.6 is 0 Å². The van der Waals surface area contributed by atoms with Gasteiger partial charge in [-0.05, 0) is 13.3 Å². The maximum Gasteiger partial charge on any atom is 0.310 e. The highest BCUT2D eigenvalue weighted by atomic mass is 16.4. The third-order valence-electron chi connectivity index (χ3n) is 1.74. The number of carboxylic acid groups (broad SMARTS) is 1. The predicted molar refractivity (Wildman–Crippen MR) is 45.5 cm³/mol. The van der Waals surface area contributed by atoms with Crippen molar-refractivity contribution in [3.63, 3.8) is 0 Å². The van der Waals surface area contributed by atoms with Crippen molar-refractivity contribution in [2.24, 2.45) is 5.92 Å². The summed E-state index contributed by atoms with van der Waals surface area (Å²) in [6.07, 6.45) is 2.72. The van der Waals surface area contributed by atoms with Crippen LogP contribution in [0.15, 0.2) is 12.2 Å². The maximum absolute atomic E-state index is 10.6. The molecule has 1 atom stereocenters. The van der Waals surface area contributed by atoms with E-state index in [2.05, 4.69) is 13.5 Å². The molecule has 0 fully saturated rings. The fourth-order valence-corrected chi connectivity index (χ4v) is 0.989. The van der Waals surface area contributed by atoms with Crippen molar-refractivity contribution in [2.75, 3.05) is 0 Å². The number of carboxylic acids is 1. The molecule has 2 heteroatoms. The highest BCUT2D eigenvalue weighted by Gasteiger charge is 2.16. The van der Waals surface area contributed by atoms with Gasteiger partial charge in [0.25, 0.3) is 0 Å².